The lowest BCUT2D eigenvalue weighted by Gasteiger charge is -2.14. The zero-order valence-electron chi connectivity index (χ0n) is 10.8. The molecule has 0 aliphatic carbocycles. The predicted molar refractivity (Wildman–Crippen MR) is 75.4 cm³/mol. The monoisotopic (exact) mass is 255 g/mol. The highest BCUT2D eigenvalue weighted by Gasteiger charge is 2.09. The van der Waals surface area contributed by atoms with Gasteiger partial charge < -0.3 is 11.1 Å². The third-order valence-electron chi connectivity index (χ3n) is 2.93. The molecule has 2 rings (SSSR count). The molecule has 0 saturated heterocycles. The maximum absolute atomic E-state index is 11.9. The summed E-state index contributed by atoms with van der Waals surface area (Å²) in [6, 6.07) is 11.2. The van der Waals surface area contributed by atoms with Crippen molar-refractivity contribution in [3.8, 4) is 0 Å². The third-order valence-corrected chi connectivity index (χ3v) is 2.93. The molecule has 1 heterocycles. The molecule has 1 aromatic heterocycles. The summed E-state index contributed by atoms with van der Waals surface area (Å²) in [6.07, 6.45) is 3.74. The lowest BCUT2D eigenvalue weighted by molar-refractivity contribution is -0.121. The van der Waals surface area contributed by atoms with Crippen molar-refractivity contribution in [2.24, 2.45) is 0 Å². The van der Waals surface area contributed by atoms with Gasteiger partial charge in [0.2, 0.25) is 5.91 Å². The molecule has 0 spiro atoms. The zero-order chi connectivity index (χ0) is 13.7. The van der Waals surface area contributed by atoms with Gasteiger partial charge in [-0.15, -0.1) is 0 Å². The summed E-state index contributed by atoms with van der Waals surface area (Å²) in [6.45, 7) is 1.95. The molecule has 0 aliphatic rings. The van der Waals surface area contributed by atoms with Crippen LogP contribution >= 0.6 is 0 Å². The second-order valence-electron chi connectivity index (χ2n) is 4.49. The van der Waals surface area contributed by atoms with Gasteiger partial charge in [-0.1, -0.05) is 12.1 Å². The number of rotatable bonds is 4. The first kappa shape index (κ1) is 13.1. The van der Waals surface area contributed by atoms with E-state index >= 15 is 0 Å². The first-order valence-electron chi connectivity index (χ1n) is 6.19. The Kier molecular flexibility index (Phi) is 4.13. The first-order valence-corrected chi connectivity index (χ1v) is 6.19. The fourth-order valence-electron chi connectivity index (χ4n) is 1.85. The minimum atomic E-state index is -0.0325. The molecule has 4 nitrogen and oxygen atoms in total. The van der Waals surface area contributed by atoms with Crippen LogP contribution in [0.2, 0.25) is 0 Å². The van der Waals surface area contributed by atoms with Gasteiger partial charge in [-0.3, -0.25) is 9.78 Å². The van der Waals surface area contributed by atoms with Gasteiger partial charge in [0.15, 0.2) is 0 Å². The van der Waals surface area contributed by atoms with E-state index in [0.717, 1.165) is 16.8 Å². The van der Waals surface area contributed by atoms with E-state index in [-0.39, 0.29) is 11.9 Å². The molecule has 0 bridgehead atoms. The molecule has 19 heavy (non-hydrogen) atoms. The van der Waals surface area contributed by atoms with Crippen molar-refractivity contribution < 1.29 is 4.79 Å². The number of aromatic nitrogens is 1. The average molecular weight is 255 g/mol. The maximum Gasteiger partial charge on any atom is 0.224 e. The number of hydrogen-bond donors (Lipinski definition) is 2. The number of nitrogens with one attached hydrogen (secondary N) is 1. The van der Waals surface area contributed by atoms with E-state index in [4.69, 9.17) is 5.73 Å². The first-order chi connectivity index (χ1) is 9.15. The van der Waals surface area contributed by atoms with Gasteiger partial charge in [0.1, 0.15) is 0 Å². The number of carbonyl (C=O) groups is 1. The van der Waals surface area contributed by atoms with Crippen LogP contribution in [0.5, 0.6) is 0 Å². The van der Waals surface area contributed by atoms with E-state index in [1.54, 1.807) is 12.4 Å². The molecule has 0 saturated carbocycles. The number of benzene rings is 1. The topological polar surface area (TPSA) is 68.0 Å². The molecule has 0 aliphatic heterocycles. The highest BCUT2D eigenvalue weighted by molar-refractivity contribution is 5.78. The Bertz CT molecular complexity index is 537. The van der Waals surface area contributed by atoms with Crippen molar-refractivity contribution in [1.29, 1.82) is 0 Å². The normalized spacial score (nSPS) is 11.8. The lowest BCUT2D eigenvalue weighted by Crippen LogP contribution is -2.28. The van der Waals surface area contributed by atoms with Crippen LogP contribution in [0, 0.1) is 0 Å². The van der Waals surface area contributed by atoms with E-state index in [0.29, 0.717) is 6.42 Å². The Hall–Kier alpha value is -2.36. The number of hydrogen-bond acceptors (Lipinski definition) is 3. The number of nitrogens with two attached hydrogens (primary N) is 1. The molecule has 1 unspecified atom stereocenters. The van der Waals surface area contributed by atoms with Gasteiger partial charge in [-0.25, -0.2) is 0 Å². The average Bonchev–Trinajstić information content (AvgIpc) is 2.40. The molecule has 98 valence electrons. The highest BCUT2D eigenvalue weighted by Crippen LogP contribution is 2.14. The number of pyridine rings is 1. The smallest absolute Gasteiger partial charge is 0.224 e. The number of carbonyl (C=O) groups excluding carboxylic acids is 1. The fourth-order valence-corrected chi connectivity index (χ4v) is 1.85. The highest BCUT2D eigenvalue weighted by atomic mass is 16.1. The Labute approximate surface area is 112 Å². The minimum absolute atomic E-state index is 0.00414. The SMILES string of the molecule is CC(NC(=O)Cc1ccncc1)c1ccc(N)cc1. The molecule has 1 atom stereocenters. The van der Waals surface area contributed by atoms with Crippen molar-refractivity contribution in [2.75, 3.05) is 5.73 Å². The summed E-state index contributed by atoms with van der Waals surface area (Å²) in [7, 11) is 0. The lowest BCUT2D eigenvalue weighted by atomic mass is 10.1. The Morgan fingerprint density at radius 3 is 2.47 bits per heavy atom. The molecule has 1 amide bonds. The second-order valence-corrected chi connectivity index (χ2v) is 4.49. The standard InChI is InChI=1S/C15H17N3O/c1-11(13-2-4-14(16)5-3-13)18-15(19)10-12-6-8-17-9-7-12/h2-9,11H,10,16H2,1H3,(H,18,19). The molecule has 2 aromatic rings. The number of anilines is 1. The van der Waals surface area contributed by atoms with Crippen LogP contribution in [-0.2, 0) is 11.2 Å². The molecule has 3 N–H and O–H groups in total. The Morgan fingerprint density at radius 2 is 1.84 bits per heavy atom. The number of nitrogen functional groups attached to an aromatic ring is 1. The predicted octanol–water partition coefficient (Wildman–Crippen LogP) is 2.08. The molecule has 4 heteroatoms. The van der Waals surface area contributed by atoms with Crippen molar-refractivity contribution in [3.05, 3.63) is 59.9 Å². The van der Waals surface area contributed by atoms with Crippen LogP contribution in [0.15, 0.2) is 48.8 Å². The van der Waals surface area contributed by atoms with Gasteiger partial charge in [-0.05, 0) is 42.3 Å². The van der Waals surface area contributed by atoms with Gasteiger partial charge in [0, 0.05) is 18.1 Å². The van der Waals surface area contributed by atoms with Crippen molar-refractivity contribution in [3.63, 3.8) is 0 Å². The summed E-state index contributed by atoms with van der Waals surface area (Å²) >= 11 is 0. The van der Waals surface area contributed by atoms with Crippen LogP contribution in [0.3, 0.4) is 0 Å². The van der Waals surface area contributed by atoms with Gasteiger partial charge >= 0.3 is 0 Å². The molecular weight excluding hydrogens is 238 g/mol. The van der Waals surface area contributed by atoms with Crippen LogP contribution in [-0.4, -0.2) is 10.9 Å². The molecule has 0 fully saturated rings. The second kappa shape index (κ2) is 6.00. The molecule has 0 radical (unpaired) electrons. The summed E-state index contributed by atoms with van der Waals surface area (Å²) in [4.78, 5) is 15.8. The number of nitrogens with zero attached hydrogens (tertiary/aromatic N) is 1. The van der Waals surface area contributed by atoms with Crippen LogP contribution in [0.4, 0.5) is 5.69 Å². The maximum atomic E-state index is 11.9. The van der Waals surface area contributed by atoms with E-state index in [1.807, 2.05) is 43.3 Å². The number of amides is 1. The molecule has 1 aromatic carbocycles. The van der Waals surface area contributed by atoms with Crippen LogP contribution in [0.25, 0.3) is 0 Å². The quantitative estimate of drug-likeness (QED) is 0.822. The Balaban J connectivity index is 1.93. The molecular formula is C15H17N3O. The summed E-state index contributed by atoms with van der Waals surface area (Å²) < 4.78 is 0. The minimum Gasteiger partial charge on any atom is -0.399 e. The summed E-state index contributed by atoms with van der Waals surface area (Å²) in [5.41, 5.74) is 8.35. The van der Waals surface area contributed by atoms with Gasteiger partial charge in [0.25, 0.3) is 0 Å². The zero-order valence-corrected chi connectivity index (χ0v) is 10.8. The largest absolute Gasteiger partial charge is 0.399 e. The van der Waals surface area contributed by atoms with E-state index in [1.165, 1.54) is 0 Å². The van der Waals surface area contributed by atoms with Gasteiger partial charge in [0.05, 0.1) is 12.5 Å². The van der Waals surface area contributed by atoms with Gasteiger partial charge in [-0.2, -0.15) is 0 Å². The fraction of sp³-hybridized carbons (Fsp3) is 0.200. The third kappa shape index (κ3) is 3.81. The van der Waals surface area contributed by atoms with Crippen LogP contribution in [0.1, 0.15) is 24.1 Å². The van der Waals surface area contributed by atoms with Crippen LogP contribution < -0.4 is 11.1 Å². The van der Waals surface area contributed by atoms with E-state index < -0.39 is 0 Å². The van der Waals surface area contributed by atoms with E-state index in [2.05, 4.69) is 10.3 Å². The van der Waals surface area contributed by atoms with Crippen molar-refractivity contribution >= 4 is 11.6 Å². The van der Waals surface area contributed by atoms with Crippen molar-refractivity contribution in [1.82, 2.24) is 10.3 Å². The van der Waals surface area contributed by atoms with E-state index in [9.17, 15) is 4.79 Å². The summed E-state index contributed by atoms with van der Waals surface area (Å²) in [5.74, 6) is -0.00414. The van der Waals surface area contributed by atoms with Crippen molar-refractivity contribution in [2.45, 2.75) is 19.4 Å². The Morgan fingerprint density at radius 1 is 1.21 bits per heavy atom. The summed E-state index contributed by atoms with van der Waals surface area (Å²) in [5, 5.41) is 2.96.